The number of benzene rings is 1. The number of carbonyl (C=O) groups excluding carboxylic acids is 1. The molecule has 5 rings (SSSR count). The molecule has 0 spiro atoms. The molecule has 4 heterocycles. The van der Waals surface area contributed by atoms with Gasteiger partial charge in [0.2, 0.25) is 0 Å². The van der Waals surface area contributed by atoms with Gasteiger partial charge in [-0.25, -0.2) is 9.78 Å². The first-order chi connectivity index (χ1) is 16.5. The van der Waals surface area contributed by atoms with E-state index in [1.165, 1.54) is 0 Å². The van der Waals surface area contributed by atoms with E-state index >= 15 is 0 Å². The number of carbonyl (C=O) groups is 1. The molecule has 2 aliphatic rings. The predicted octanol–water partition coefficient (Wildman–Crippen LogP) is 4.58. The number of aliphatic hydroxyl groups is 1. The van der Waals surface area contributed by atoms with E-state index in [4.69, 9.17) is 14.5 Å². The van der Waals surface area contributed by atoms with Crippen LogP contribution in [0, 0.1) is 0 Å². The lowest BCUT2D eigenvalue weighted by Gasteiger charge is -2.31. The second-order valence-corrected chi connectivity index (χ2v) is 16.5. The van der Waals surface area contributed by atoms with Crippen molar-refractivity contribution in [1.29, 1.82) is 0 Å². The maximum absolute atomic E-state index is 13.4. The van der Waals surface area contributed by atoms with Crippen LogP contribution in [0.25, 0.3) is 22.3 Å². The van der Waals surface area contributed by atoms with Crippen LogP contribution in [0.5, 0.6) is 5.75 Å². The van der Waals surface area contributed by atoms with Gasteiger partial charge in [-0.3, -0.25) is 4.79 Å². The van der Waals surface area contributed by atoms with Crippen LogP contribution < -0.4 is 10.3 Å². The summed E-state index contributed by atoms with van der Waals surface area (Å²) in [6.07, 6.45) is 0.153. The van der Waals surface area contributed by atoms with Gasteiger partial charge in [0, 0.05) is 16.5 Å². The van der Waals surface area contributed by atoms with Crippen molar-refractivity contribution in [2.45, 2.75) is 77.2 Å². The molecular weight excluding hydrogens is 460 g/mol. The van der Waals surface area contributed by atoms with Crippen molar-refractivity contribution in [2.24, 2.45) is 0 Å². The number of aromatic nitrogens is 2. The van der Waals surface area contributed by atoms with Gasteiger partial charge in [-0.2, -0.15) is 0 Å². The van der Waals surface area contributed by atoms with Crippen LogP contribution in [-0.2, 0) is 28.3 Å². The second kappa shape index (κ2) is 8.03. The van der Waals surface area contributed by atoms with Crippen LogP contribution in [0.1, 0.15) is 43.9 Å². The molecule has 0 bridgehead atoms. The van der Waals surface area contributed by atoms with Gasteiger partial charge in [-0.1, -0.05) is 45.6 Å². The van der Waals surface area contributed by atoms with E-state index < -0.39 is 19.6 Å². The first-order valence-corrected chi connectivity index (χ1v) is 15.8. The Balaban J connectivity index is 1.65. The fraction of sp³-hybridized carbons (Fsp3) is 0.444. The maximum atomic E-state index is 13.4. The van der Waals surface area contributed by atoms with E-state index in [1.807, 2.05) is 18.2 Å². The van der Waals surface area contributed by atoms with Crippen molar-refractivity contribution < 1.29 is 19.4 Å². The number of rotatable bonds is 5. The van der Waals surface area contributed by atoms with Crippen LogP contribution in [-0.4, -0.2) is 34.8 Å². The molecule has 3 atom stereocenters. The minimum Gasteiger partial charge on any atom is -0.488 e. The molecular formula is C27H32N2O5Si. The number of para-hydroxylation sites is 1. The van der Waals surface area contributed by atoms with Gasteiger partial charge in [0.1, 0.15) is 17.9 Å². The Morgan fingerprint density at radius 1 is 1.23 bits per heavy atom. The van der Waals surface area contributed by atoms with Crippen LogP contribution in [0.2, 0.25) is 25.2 Å². The van der Waals surface area contributed by atoms with Crippen molar-refractivity contribution in [1.82, 2.24) is 9.55 Å². The molecule has 1 N–H and O–H groups in total. The fourth-order valence-electron chi connectivity index (χ4n) is 5.08. The highest BCUT2D eigenvalue weighted by Crippen LogP contribution is 2.40. The summed E-state index contributed by atoms with van der Waals surface area (Å²) in [7, 11) is -1.40. The van der Waals surface area contributed by atoms with Gasteiger partial charge in [0.15, 0.2) is 5.60 Å². The van der Waals surface area contributed by atoms with Crippen molar-refractivity contribution in [2.75, 3.05) is 0 Å². The summed E-state index contributed by atoms with van der Waals surface area (Å²) in [6.45, 7) is 13.3. The van der Waals surface area contributed by atoms with Crippen molar-refractivity contribution in [3.63, 3.8) is 0 Å². The largest absolute Gasteiger partial charge is 0.488 e. The smallest absolute Gasteiger partial charge is 0.343 e. The topological polar surface area (TPSA) is 90.7 Å². The normalized spacial score (nSPS) is 20.6. The highest BCUT2D eigenvalue weighted by molar-refractivity contribution is 6.77. The molecule has 8 heteroatoms. The molecule has 0 saturated carbocycles. The van der Waals surface area contributed by atoms with Crippen molar-refractivity contribution >= 4 is 24.9 Å². The molecule has 2 aliphatic heterocycles. The summed E-state index contributed by atoms with van der Waals surface area (Å²) in [5.74, 6) is -0.00182. The molecule has 184 valence electrons. The predicted molar refractivity (Wildman–Crippen MR) is 137 cm³/mol. The monoisotopic (exact) mass is 492 g/mol. The van der Waals surface area contributed by atoms with Gasteiger partial charge in [-0.15, -0.1) is 0 Å². The van der Waals surface area contributed by atoms with Gasteiger partial charge >= 0.3 is 5.97 Å². The minimum atomic E-state index is -1.83. The number of hydrogen-bond acceptors (Lipinski definition) is 6. The van der Waals surface area contributed by atoms with Crippen LogP contribution in [0.4, 0.5) is 0 Å². The molecule has 2 unspecified atom stereocenters. The fourth-order valence-corrected chi connectivity index (χ4v) is 6.56. The van der Waals surface area contributed by atoms with Crippen LogP contribution in [0.3, 0.4) is 0 Å². The van der Waals surface area contributed by atoms with E-state index in [-0.39, 0.29) is 24.7 Å². The van der Waals surface area contributed by atoms with Crippen LogP contribution >= 0.6 is 0 Å². The number of esters is 1. The summed E-state index contributed by atoms with van der Waals surface area (Å²) in [4.78, 5) is 30.8. The molecule has 0 fully saturated rings. The average molecular weight is 493 g/mol. The zero-order valence-corrected chi connectivity index (χ0v) is 22.1. The standard InChI is InChI=1S/C27H32N2O5Si/c1-7-27(32)20-12-21-23-18(13-29(21)25(30)19(20)14-33-26(27)31)11-17-9-8-10-22(24(17)28-23)34-15(2)16(3)35(4,5)6/h8-12,15-16,32H,7,13-14H2,1-6H3/t15?,16?,27-/m0/s1. The van der Waals surface area contributed by atoms with E-state index in [1.54, 1.807) is 17.6 Å². The van der Waals surface area contributed by atoms with Gasteiger partial charge < -0.3 is 19.1 Å². The Labute approximate surface area is 205 Å². The average Bonchev–Trinajstić information content (AvgIpc) is 3.17. The quantitative estimate of drug-likeness (QED) is 0.324. The Bertz CT molecular complexity index is 1420. The Morgan fingerprint density at radius 2 is 1.97 bits per heavy atom. The van der Waals surface area contributed by atoms with Crippen molar-refractivity contribution in [3.8, 4) is 17.1 Å². The lowest BCUT2D eigenvalue weighted by Crippen LogP contribution is -2.44. The highest BCUT2D eigenvalue weighted by Gasteiger charge is 2.45. The zero-order valence-electron chi connectivity index (χ0n) is 21.1. The van der Waals surface area contributed by atoms with E-state index in [0.717, 1.165) is 22.2 Å². The van der Waals surface area contributed by atoms with E-state index in [0.29, 0.717) is 34.6 Å². The summed E-state index contributed by atoms with van der Waals surface area (Å²) in [6, 6.07) is 9.70. The number of ether oxygens (including phenoxy) is 2. The third-order valence-corrected chi connectivity index (χ3v) is 11.1. The molecule has 35 heavy (non-hydrogen) atoms. The van der Waals surface area contributed by atoms with E-state index in [2.05, 4.69) is 39.6 Å². The molecule has 0 amide bonds. The molecule has 0 saturated heterocycles. The highest BCUT2D eigenvalue weighted by atomic mass is 28.3. The SMILES string of the molecule is CC[C@@]1(O)C(=O)OCc2c1cc1n(c2=O)Cc2cc3cccc(OC(C)C(C)[Si](C)(C)C)c3nc2-1. The first kappa shape index (κ1) is 23.8. The number of hydrogen-bond donors (Lipinski definition) is 1. The van der Waals surface area contributed by atoms with Gasteiger partial charge in [0.25, 0.3) is 5.56 Å². The molecule has 0 aliphatic carbocycles. The number of nitrogens with zero attached hydrogens (tertiary/aromatic N) is 2. The van der Waals surface area contributed by atoms with Crippen LogP contribution in [0.15, 0.2) is 35.1 Å². The Kier molecular flexibility index (Phi) is 5.45. The minimum absolute atomic E-state index is 0.0369. The molecule has 0 radical (unpaired) electrons. The van der Waals surface area contributed by atoms with Gasteiger partial charge in [-0.05, 0) is 37.1 Å². The Morgan fingerprint density at radius 3 is 2.66 bits per heavy atom. The summed E-state index contributed by atoms with van der Waals surface area (Å²) >= 11 is 0. The summed E-state index contributed by atoms with van der Waals surface area (Å²) in [5, 5.41) is 12.0. The van der Waals surface area contributed by atoms with E-state index in [9.17, 15) is 14.7 Å². The number of pyridine rings is 2. The third kappa shape index (κ3) is 3.62. The molecule has 1 aromatic carbocycles. The Hall–Kier alpha value is -2.97. The summed E-state index contributed by atoms with van der Waals surface area (Å²) < 4.78 is 13.3. The number of cyclic esters (lactones) is 1. The maximum Gasteiger partial charge on any atom is 0.343 e. The molecule has 2 aromatic heterocycles. The van der Waals surface area contributed by atoms with Crippen molar-refractivity contribution in [3.05, 3.63) is 57.4 Å². The third-order valence-electron chi connectivity index (χ3n) is 7.88. The zero-order chi connectivity index (χ0) is 25.3. The number of fused-ring (bicyclic) bond motifs is 5. The lowest BCUT2D eigenvalue weighted by molar-refractivity contribution is -0.172. The second-order valence-electron chi connectivity index (χ2n) is 10.9. The molecule has 3 aromatic rings. The lowest BCUT2D eigenvalue weighted by atomic mass is 9.86. The molecule has 7 nitrogen and oxygen atoms in total. The summed E-state index contributed by atoms with van der Waals surface area (Å²) in [5.41, 5.74) is 1.95. The first-order valence-electron chi connectivity index (χ1n) is 12.2. The van der Waals surface area contributed by atoms with Gasteiger partial charge in [0.05, 0.1) is 37.7 Å².